The highest BCUT2D eigenvalue weighted by Gasteiger charge is 2.63. The van der Waals surface area contributed by atoms with Crippen molar-refractivity contribution in [3.63, 3.8) is 0 Å². The number of ether oxygens (including phenoxy) is 1. The second-order valence-corrected chi connectivity index (χ2v) is 3.31. The van der Waals surface area contributed by atoms with Crippen molar-refractivity contribution in [2.45, 2.75) is 25.3 Å². The molecular weight excluding hydrogens is 142 g/mol. The van der Waals surface area contributed by atoms with Gasteiger partial charge in [-0.25, -0.2) is 0 Å². The van der Waals surface area contributed by atoms with Crippen LogP contribution < -0.4 is 5.32 Å². The molecule has 62 valence electrons. The lowest BCUT2D eigenvalue weighted by atomic mass is 10.2. The van der Waals surface area contributed by atoms with Crippen LogP contribution in [0.15, 0.2) is 0 Å². The third-order valence-corrected chi connectivity index (χ3v) is 2.68. The summed E-state index contributed by atoms with van der Waals surface area (Å²) in [5.41, 5.74) is -0.240. The molecule has 0 aromatic heterocycles. The summed E-state index contributed by atoms with van der Waals surface area (Å²) in [4.78, 5) is 11.3. The molecule has 1 aliphatic heterocycles. The predicted molar refractivity (Wildman–Crippen MR) is 40.1 cm³/mol. The van der Waals surface area contributed by atoms with Crippen molar-refractivity contribution in [1.29, 1.82) is 0 Å². The van der Waals surface area contributed by atoms with E-state index in [1.54, 1.807) is 0 Å². The minimum atomic E-state index is -0.240. The van der Waals surface area contributed by atoms with Gasteiger partial charge in [0, 0.05) is 0 Å². The third kappa shape index (κ3) is 0.872. The van der Waals surface area contributed by atoms with E-state index in [4.69, 9.17) is 4.74 Å². The van der Waals surface area contributed by atoms with Gasteiger partial charge < -0.3 is 10.1 Å². The Morgan fingerprint density at radius 1 is 1.82 bits per heavy atom. The average Bonchev–Trinajstić information content (AvgIpc) is 2.57. The molecule has 11 heavy (non-hydrogen) atoms. The Labute approximate surface area is 66.1 Å². The molecule has 0 radical (unpaired) electrons. The van der Waals surface area contributed by atoms with Crippen molar-refractivity contribution in [3.05, 3.63) is 0 Å². The molecular formula is C8H13NO2. The van der Waals surface area contributed by atoms with Gasteiger partial charge in [-0.05, 0) is 32.2 Å². The lowest BCUT2D eigenvalue weighted by Gasteiger charge is -2.10. The smallest absolute Gasteiger partial charge is 0.326 e. The number of rotatable bonds is 2. The molecule has 1 heterocycles. The van der Waals surface area contributed by atoms with Crippen LogP contribution in [-0.2, 0) is 9.53 Å². The number of esters is 1. The maximum Gasteiger partial charge on any atom is 0.326 e. The zero-order chi connectivity index (χ0) is 7.90. The van der Waals surface area contributed by atoms with E-state index in [2.05, 4.69) is 5.32 Å². The van der Waals surface area contributed by atoms with E-state index in [1.807, 2.05) is 6.92 Å². The van der Waals surface area contributed by atoms with Gasteiger partial charge in [0.25, 0.3) is 0 Å². The summed E-state index contributed by atoms with van der Waals surface area (Å²) in [5, 5.41) is 3.22. The first-order chi connectivity index (χ1) is 5.29. The molecule has 2 rings (SSSR count). The summed E-state index contributed by atoms with van der Waals surface area (Å²) in [7, 11) is 0. The van der Waals surface area contributed by atoms with Crippen molar-refractivity contribution in [2.75, 3.05) is 13.2 Å². The van der Waals surface area contributed by atoms with Crippen LogP contribution in [0.5, 0.6) is 0 Å². The first kappa shape index (κ1) is 7.10. The van der Waals surface area contributed by atoms with Gasteiger partial charge in [-0.2, -0.15) is 0 Å². The largest absolute Gasteiger partial charge is 0.465 e. The van der Waals surface area contributed by atoms with Crippen LogP contribution in [0.1, 0.15) is 19.8 Å². The molecule has 1 saturated carbocycles. The summed E-state index contributed by atoms with van der Waals surface area (Å²) >= 11 is 0. The maximum atomic E-state index is 11.3. The van der Waals surface area contributed by atoms with Gasteiger partial charge in [0.1, 0.15) is 5.54 Å². The molecule has 2 unspecified atom stereocenters. The quantitative estimate of drug-likeness (QED) is 0.583. The highest BCUT2D eigenvalue weighted by Crippen LogP contribution is 2.50. The van der Waals surface area contributed by atoms with Crippen LogP contribution in [0, 0.1) is 5.92 Å². The van der Waals surface area contributed by atoms with Crippen LogP contribution in [0.25, 0.3) is 0 Å². The number of fused-ring (bicyclic) bond motifs is 1. The molecule has 0 amide bonds. The standard InChI is InChI=1S/C8H13NO2/c1-2-11-7(10)8-5-6(8)3-4-9-8/h6,9H,2-5H2,1H3. The molecule has 3 nitrogen and oxygen atoms in total. The van der Waals surface area contributed by atoms with Gasteiger partial charge in [-0.15, -0.1) is 0 Å². The number of hydrogen-bond donors (Lipinski definition) is 1. The molecule has 0 spiro atoms. The Morgan fingerprint density at radius 2 is 2.64 bits per heavy atom. The van der Waals surface area contributed by atoms with Crippen LogP contribution in [0.2, 0.25) is 0 Å². The highest BCUT2D eigenvalue weighted by molar-refractivity contribution is 5.85. The van der Waals surface area contributed by atoms with Gasteiger partial charge in [-0.3, -0.25) is 4.79 Å². The molecule has 0 bridgehead atoms. The lowest BCUT2D eigenvalue weighted by molar-refractivity contribution is -0.146. The fourth-order valence-corrected chi connectivity index (χ4v) is 1.95. The predicted octanol–water partition coefficient (Wildman–Crippen LogP) is 0.301. The average molecular weight is 155 g/mol. The Balaban J connectivity index is 1.99. The monoisotopic (exact) mass is 155 g/mol. The van der Waals surface area contributed by atoms with Gasteiger partial charge in [0.05, 0.1) is 6.61 Å². The van der Waals surface area contributed by atoms with Crippen LogP contribution in [0.3, 0.4) is 0 Å². The number of nitrogens with one attached hydrogen (secondary N) is 1. The zero-order valence-electron chi connectivity index (χ0n) is 6.72. The molecule has 0 aromatic rings. The number of hydrogen-bond acceptors (Lipinski definition) is 3. The second kappa shape index (κ2) is 2.21. The van der Waals surface area contributed by atoms with Gasteiger partial charge >= 0.3 is 5.97 Å². The molecule has 1 N–H and O–H groups in total. The molecule has 1 saturated heterocycles. The molecule has 1 aliphatic carbocycles. The summed E-state index contributed by atoms with van der Waals surface area (Å²) in [6, 6.07) is 0. The SMILES string of the molecule is CCOC(=O)C12CC1CCN2. The highest BCUT2D eigenvalue weighted by atomic mass is 16.5. The third-order valence-electron chi connectivity index (χ3n) is 2.68. The Hall–Kier alpha value is -0.570. The summed E-state index contributed by atoms with van der Waals surface area (Å²) in [6.45, 7) is 3.32. The number of carbonyl (C=O) groups excluding carboxylic acids is 1. The topological polar surface area (TPSA) is 38.3 Å². The van der Waals surface area contributed by atoms with Crippen molar-refractivity contribution in [2.24, 2.45) is 5.92 Å². The maximum absolute atomic E-state index is 11.3. The molecule has 0 aromatic carbocycles. The fraction of sp³-hybridized carbons (Fsp3) is 0.875. The molecule has 2 aliphatic rings. The molecule has 2 fully saturated rings. The van der Waals surface area contributed by atoms with Crippen molar-refractivity contribution in [3.8, 4) is 0 Å². The van der Waals surface area contributed by atoms with E-state index in [1.165, 1.54) is 0 Å². The van der Waals surface area contributed by atoms with Crippen LogP contribution >= 0.6 is 0 Å². The first-order valence-electron chi connectivity index (χ1n) is 4.22. The summed E-state index contributed by atoms with van der Waals surface area (Å²) in [5.74, 6) is 0.532. The van der Waals surface area contributed by atoms with E-state index in [-0.39, 0.29) is 11.5 Å². The van der Waals surface area contributed by atoms with Crippen LogP contribution in [-0.4, -0.2) is 24.7 Å². The van der Waals surface area contributed by atoms with Crippen molar-refractivity contribution >= 4 is 5.97 Å². The Kier molecular flexibility index (Phi) is 1.42. The minimum Gasteiger partial charge on any atom is -0.465 e. The van der Waals surface area contributed by atoms with E-state index < -0.39 is 0 Å². The first-order valence-corrected chi connectivity index (χ1v) is 4.22. The zero-order valence-corrected chi connectivity index (χ0v) is 6.72. The summed E-state index contributed by atoms with van der Waals surface area (Å²) < 4.78 is 4.97. The van der Waals surface area contributed by atoms with E-state index >= 15 is 0 Å². The molecule has 2 atom stereocenters. The van der Waals surface area contributed by atoms with Crippen molar-refractivity contribution in [1.82, 2.24) is 5.32 Å². The van der Waals surface area contributed by atoms with E-state index in [0.29, 0.717) is 12.5 Å². The van der Waals surface area contributed by atoms with E-state index in [0.717, 1.165) is 19.4 Å². The normalized spacial score (nSPS) is 39.9. The van der Waals surface area contributed by atoms with Crippen LogP contribution in [0.4, 0.5) is 0 Å². The number of piperidine rings is 1. The minimum absolute atomic E-state index is 0.0394. The lowest BCUT2D eigenvalue weighted by Crippen LogP contribution is -2.38. The second-order valence-electron chi connectivity index (χ2n) is 3.31. The Morgan fingerprint density at radius 3 is 3.09 bits per heavy atom. The summed E-state index contributed by atoms with van der Waals surface area (Å²) in [6.07, 6.45) is 2.13. The van der Waals surface area contributed by atoms with Gasteiger partial charge in [0.2, 0.25) is 0 Å². The number of carbonyl (C=O) groups is 1. The fourth-order valence-electron chi connectivity index (χ4n) is 1.95. The van der Waals surface area contributed by atoms with Gasteiger partial charge in [0.15, 0.2) is 0 Å². The van der Waals surface area contributed by atoms with Gasteiger partial charge in [-0.1, -0.05) is 0 Å². The van der Waals surface area contributed by atoms with Crippen molar-refractivity contribution < 1.29 is 9.53 Å². The van der Waals surface area contributed by atoms with E-state index in [9.17, 15) is 4.79 Å². The Bertz CT molecular complexity index is 193. The molecule has 3 heteroatoms.